The molecule has 1 N–H and O–H groups in total. The van der Waals surface area contributed by atoms with Gasteiger partial charge in [-0.05, 0) is 36.8 Å². The fraction of sp³-hybridized carbons (Fsp3) is 0.333. The van der Waals surface area contributed by atoms with Gasteiger partial charge in [-0.1, -0.05) is 42.1 Å². The SMILES string of the molecule is CSc1ccc(C(=O)N2CCC(C(=O)O)(c3ccccc3)CC2)o1. The Balaban J connectivity index is 1.76. The Morgan fingerprint density at radius 1 is 1.12 bits per heavy atom. The van der Waals surface area contributed by atoms with Crippen molar-refractivity contribution in [3.8, 4) is 0 Å². The van der Waals surface area contributed by atoms with Crippen LogP contribution in [0, 0.1) is 0 Å². The van der Waals surface area contributed by atoms with Crippen LogP contribution in [0.25, 0.3) is 0 Å². The molecule has 0 unspecified atom stereocenters. The average molecular weight is 345 g/mol. The number of thioether (sulfide) groups is 1. The van der Waals surface area contributed by atoms with Crippen molar-refractivity contribution in [1.82, 2.24) is 4.90 Å². The van der Waals surface area contributed by atoms with Crippen LogP contribution in [-0.2, 0) is 10.2 Å². The largest absolute Gasteiger partial charge is 0.481 e. The second kappa shape index (κ2) is 6.73. The Morgan fingerprint density at radius 2 is 1.79 bits per heavy atom. The van der Waals surface area contributed by atoms with E-state index in [4.69, 9.17) is 4.42 Å². The Morgan fingerprint density at radius 3 is 2.33 bits per heavy atom. The van der Waals surface area contributed by atoms with Crippen molar-refractivity contribution in [1.29, 1.82) is 0 Å². The van der Waals surface area contributed by atoms with Gasteiger partial charge >= 0.3 is 5.97 Å². The lowest BCUT2D eigenvalue weighted by atomic mass is 9.73. The van der Waals surface area contributed by atoms with Crippen molar-refractivity contribution in [3.05, 3.63) is 53.8 Å². The van der Waals surface area contributed by atoms with Gasteiger partial charge in [-0.3, -0.25) is 9.59 Å². The minimum atomic E-state index is -0.925. The molecule has 2 heterocycles. The predicted molar refractivity (Wildman–Crippen MR) is 91.4 cm³/mol. The van der Waals surface area contributed by atoms with Gasteiger partial charge in [0.15, 0.2) is 10.9 Å². The molecular weight excluding hydrogens is 326 g/mol. The summed E-state index contributed by atoms with van der Waals surface area (Å²) in [5.74, 6) is -0.701. The third-order valence-corrected chi connectivity index (χ3v) is 5.26. The van der Waals surface area contributed by atoms with E-state index >= 15 is 0 Å². The van der Waals surface area contributed by atoms with Gasteiger partial charge in [-0.25, -0.2) is 0 Å². The minimum Gasteiger partial charge on any atom is -0.481 e. The lowest BCUT2D eigenvalue weighted by Gasteiger charge is -2.38. The van der Waals surface area contributed by atoms with E-state index in [0.717, 1.165) is 5.56 Å². The van der Waals surface area contributed by atoms with E-state index in [9.17, 15) is 14.7 Å². The molecule has 1 saturated heterocycles. The molecule has 126 valence electrons. The summed E-state index contributed by atoms with van der Waals surface area (Å²) in [7, 11) is 0. The maximum atomic E-state index is 12.5. The molecule has 1 aliphatic rings. The van der Waals surface area contributed by atoms with Crippen molar-refractivity contribution < 1.29 is 19.1 Å². The molecule has 1 aromatic heterocycles. The number of carbonyl (C=O) groups is 2. The second-order valence-corrected chi connectivity index (χ2v) is 6.68. The number of carboxylic acids is 1. The van der Waals surface area contributed by atoms with Gasteiger partial charge in [0.1, 0.15) is 0 Å². The first kappa shape index (κ1) is 16.6. The number of likely N-dealkylation sites (tertiary alicyclic amines) is 1. The topological polar surface area (TPSA) is 70.8 Å². The molecule has 0 spiro atoms. The summed E-state index contributed by atoms with van der Waals surface area (Å²) in [6.07, 6.45) is 2.68. The molecule has 0 radical (unpaired) electrons. The molecule has 24 heavy (non-hydrogen) atoms. The molecule has 2 aromatic rings. The van der Waals surface area contributed by atoms with Gasteiger partial charge < -0.3 is 14.4 Å². The summed E-state index contributed by atoms with van der Waals surface area (Å²) in [5.41, 5.74) is -0.127. The van der Waals surface area contributed by atoms with Crippen LogP contribution < -0.4 is 0 Å². The molecule has 3 rings (SSSR count). The summed E-state index contributed by atoms with van der Waals surface area (Å²) in [5, 5.41) is 10.5. The van der Waals surface area contributed by atoms with Gasteiger partial charge in [0.05, 0.1) is 5.41 Å². The maximum absolute atomic E-state index is 12.5. The summed E-state index contributed by atoms with van der Waals surface area (Å²) in [4.78, 5) is 26.1. The zero-order valence-corrected chi connectivity index (χ0v) is 14.2. The Bertz CT molecular complexity index is 732. The fourth-order valence-corrected chi connectivity index (χ4v) is 3.55. The summed E-state index contributed by atoms with van der Waals surface area (Å²) < 4.78 is 5.49. The number of amides is 1. The standard InChI is InChI=1S/C18H19NO4S/c1-24-15-8-7-14(23-15)16(20)19-11-9-18(10-12-19,17(21)22)13-5-3-2-4-6-13/h2-8H,9-12H2,1H3,(H,21,22). The lowest BCUT2D eigenvalue weighted by molar-refractivity contribution is -0.145. The first-order chi connectivity index (χ1) is 11.6. The molecule has 5 nitrogen and oxygen atoms in total. The highest BCUT2D eigenvalue weighted by Gasteiger charge is 2.44. The molecule has 0 bridgehead atoms. The van der Waals surface area contributed by atoms with Gasteiger partial charge in [0.2, 0.25) is 0 Å². The quantitative estimate of drug-likeness (QED) is 0.861. The van der Waals surface area contributed by atoms with Crippen molar-refractivity contribution in [2.24, 2.45) is 0 Å². The fourth-order valence-electron chi connectivity index (χ4n) is 3.18. The normalized spacial score (nSPS) is 16.8. The van der Waals surface area contributed by atoms with Gasteiger partial charge in [0.25, 0.3) is 5.91 Å². The smallest absolute Gasteiger partial charge is 0.314 e. The molecule has 0 atom stereocenters. The maximum Gasteiger partial charge on any atom is 0.314 e. The van der Waals surface area contributed by atoms with Crippen LogP contribution in [0.4, 0.5) is 0 Å². The third-order valence-electron chi connectivity index (χ3n) is 4.63. The molecule has 1 aromatic carbocycles. The van der Waals surface area contributed by atoms with Crippen LogP contribution in [0.5, 0.6) is 0 Å². The molecule has 0 saturated carbocycles. The van der Waals surface area contributed by atoms with Crippen LogP contribution in [0.3, 0.4) is 0 Å². The Hall–Kier alpha value is -2.21. The lowest BCUT2D eigenvalue weighted by Crippen LogP contribution is -2.49. The number of aliphatic carboxylic acids is 1. The number of benzene rings is 1. The zero-order chi connectivity index (χ0) is 17.2. The van der Waals surface area contributed by atoms with E-state index in [1.165, 1.54) is 11.8 Å². The third kappa shape index (κ3) is 2.94. The van der Waals surface area contributed by atoms with Crippen LogP contribution in [0.1, 0.15) is 29.0 Å². The predicted octanol–water partition coefficient (Wildman–Crippen LogP) is 3.26. The van der Waals surface area contributed by atoms with E-state index in [0.29, 0.717) is 36.8 Å². The van der Waals surface area contributed by atoms with E-state index in [-0.39, 0.29) is 5.91 Å². The molecule has 1 fully saturated rings. The number of piperidine rings is 1. The van der Waals surface area contributed by atoms with Gasteiger partial charge in [0, 0.05) is 13.1 Å². The number of carboxylic acid groups (broad SMARTS) is 1. The van der Waals surface area contributed by atoms with Crippen LogP contribution in [0.2, 0.25) is 0 Å². The van der Waals surface area contributed by atoms with Crippen LogP contribution >= 0.6 is 11.8 Å². The highest BCUT2D eigenvalue weighted by atomic mass is 32.2. The van der Waals surface area contributed by atoms with Crippen LogP contribution in [0.15, 0.2) is 52.0 Å². The monoisotopic (exact) mass is 345 g/mol. The number of carbonyl (C=O) groups excluding carboxylic acids is 1. The van der Waals surface area contributed by atoms with Gasteiger partial charge in [-0.2, -0.15) is 0 Å². The van der Waals surface area contributed by atoms with Crippen molar-refractivity contribution in [2.45, 2.75) is 23.3 Å². The molecule has 0 aliphatic carbocycles. The summed E-state index contributed by atoms with van der Waals surface area (Å²) in [6.45, 7) is 0.796. The number of rotatable bonds is 4. The number of furan rings is 1. The van der Waals surface area contributed by atoms with E-state index < -0.39 is 11.4 Å². The van der Waals surface area contributed by atoms with Gasteiger partial charge in [-0.15, -0.1) is 0 Å². The molecule has 6 heteroatoms. The average Bonchev–Trinajstić information content (AvgIpc) is 3.11. The van der Waals surface area contributed by atoms with Crippen molar-refractivity contribution in [3.63, 3.8) is 0 Å². The first-order valence-corrected chi connectivity index (χ1v) is 9.01. The number of hydrogen-bond acceptors (Lipinski definition) is 4. The summed E-state index contributed by atoms with van der Waals surface area (Å²) in [6, 6.07) is 12.7. The number of hydrogen-bond donors (Lipinski definition) is 1. The second-order valence-electron chi connectivity index (χ2n) is 5.87. The molecule has 1 amide bonds. The van der Waals surface area contributed by atoms with E-state index in [2.05, 4.69) is 0 Å². The van der Waals surface area contributed by atoms with E-state index in [1.807, 2.05) is 36.6 Å². The van der Waals surface area contributed by atoms with Crippen molar-refractivity contribution >= 4 is 23.6 Å². The van der Waals surface area contributed by atoms with Crippen LogP contribution in [-0.4, -0.2) is 41.2 Å². The highest BCUT2D eigenvalue weighted by molar-refractivity contribution is 7.98. The first-order valence-electron chi connectivity index (χ1n) is 7.79. The Labute approximate surface area is 144 Å². The highest BCUT2D eigenvalue weighted by Crippen LogP contribution is 2.36. The van der Waals surface area contributed by atoms with E-state index in [1.54, 1.807) is 17.0 Å². The van der Waals surface area contributed by atoms with Crippen molar-refractivity contribution in [2.75, 3.05) is 19.3 Å². The molecule has 1 aliphatic heterocycles. The zero-order valence-electron chi connectivity index (χ0n) is 13.4. The minimum absolute atomic E-state index is 0.178. The summed E-state index contributed by atoms with van der Waals surface area (Å²) >= 11 is 1.44. The Kier molecular flexibility index (Phi) is 4.66. The number of nitrogens with zero attached hydrogens (tertiary/aromatic N) is 1. The molecular formula is C18H19NO4S.